The molecule has 88 valence electrons. The van der Waals surface area contributed by atoms with Crippen LogP contribution in [0.3, 0.4) is 0 Å². The first-order valence-electron chi connectivity index (χ1n) is 4.82. The Morgan fingerprint density at radius 1 is 1.47 bits per heavy atom. The fourth-order valence-electron chi connectivity index (χ4n) is 1.31. The van der Waals surface area contributed by atoms with Gasteiger partial charge in [-0.1, -0.05) is 0 Å². The molecule has 1 rings (SSSR count). The quantitative estimate of drug-likeness (QED) is 0.469. The molecule has 0 heterocycles. The number of carbonyl (C=O) groups is 2. The topological polar surface area (TPSA) is 67.2 Å². The normalized spacial score (nSPS) is 11.4. The van der Waals surface area contributed by atoms with Crippen LogP contribution < -0.4 is 0 Å². The minimum absolute atomic E-state index is 0.116. The molecular weight excluding hydrogens is 242 g/mol. The highest BCUT2D eigenvalue weighted by Crippen LogP contribution is 2.16. The zero-order valence-electron chi connectivity index (χ0n) is 9.36. The summed E-state index contributed by atoms with van der Waals surface area (Å²) in [6.07, 6.45) is 0. The summed E-state index contributed by atoms with van der Waals surface area (Å²) < 4.78 is 4.52. The van der Waals surface area contributed by atoms with Crippen molar-refractivity contribution in [3.63, 3.8) is 0 Å². The van der Waals surface area contributed by atoms with Crippen molar-refractivity contribution in [1.82, 2.24) is 0 Å². The van der Waals surface area contributed by atoms with Gasteiger partial charge >= 0.3 is 5.97 Å². The predicted molar refractivity (Wildman–Crippen MR) is 62.1 cm³/mol. The molecule has 0 aliphatic heterocycles. The van der Waals surface area contributed by atoms with E-state index in [2.05, 4.69) is 4.74 Å². The summed E-state index contributed by atoms with van der Waals surface area (Å²) in [5, 5.41) is 8.21. The van der Waals surface area contributed by atoms with Gasteiger partial charge in [0, 0.05) is 5.56 Å². The average molecular weight is 252 g/mol. The summed E-state index contributed by atoms with van der Waals surface area (Å²) in [5.41, 5.74) is 0.552. The second-order valence-electron chi connectivity index (χ2n) is 3.34. The molecule has 0 aliphatic rings. The van der Waals surface area contributed by atoms with Gasteiger partial charge in [-0.25, -0.2) is 4.79 Å². The number of carbonyl (C=O) groups excluding carboxylic acids is 2. The predicted octanol–water partition coefficient (Wildman–Crippen LogP) is 2.15. The second kappa shape index (κ2) is 5.46. The summed E-state index contributed by atoms with van der Waals surface area (Å²) in [6.45, 7) is 1.53. The molecule has 0 aromatic heterocycles. The maximum atomic E-state index is 11.7. The maximum absolute atomic E-state index is 11.7. The molecule has 0 amide bonds. The number of ketones is 1. The minimum Gasteiger partial charge on any atom is -0.465 e. The summed E-state index contributed by atoms with van der Waals surface area (Å²) in [4.78, 5) is 22.9. The number of alkyl halides is 1. The lowest BCUT2D eigenvalue weighted by atomic mass is 10.00. The van der Waals surface area contributed by atoms with E-state index in [9.17, 15) is 9.59 Å². The van der Waals surface area contributed by atoms with E-state index in [1.54, 1.807) is 0 Å². The number of rotatable bonds is 3. The van der Waals surface area contributed by atoms with Crippen LogP contribution in [-0.4, -0.2) is 24.2 Å². The van der Waals surface area contributed by atoms with Crippen LogP contribution in [0.5, 0.6) is 0 Å². The SMILES string of the molecule is COC(=O)c1ccc(C(=O)C(C)Cl)c(C#N)c1. The van der Waals surface area contributed by atoms with Crippen molar-refractivity contribution in [1.29, 1.82) is 5.26 Å². The van der Waals surface area contributed by atoms with Gasteiger partial charge in [0.1, 0.15) is 0 Å². The van der Waals surface area contributed by atoms with Crippen molar-refractivity contribution in [2.75, 3.05) is 7.11 Å². The first-order chi connectivity index (χ1) is 8.01. The number of hydrogen-bond donors (Lipinski definition) is 0. The summed E-state index contributed by atoms with van der Waals surface area (Å²) >= 11 is 5.67. The van der Waals surface area contributed by atoms with Crippen molar-refractivity contribution in [3.05, 3.63) is 34.9 Å². The molecular formula is C12H10ClNO3. The smallest absolute Gasteiger partial charge is 0.337 e. The number of halogens is 1. The van der Waals surface area contributed by atoms with Gasteiger partial charge in [-0.3, -0.25) is 4.79 Å². The van der Waals surface area contributed by atoms with Gasteiger partial charge < -0.3 is 4.74 Å². The molecule has 0 saturated carbocycles. The van der Waals surface area contributed by atoms with Gasteiger partial charge in [-0.05, 0) is 25.1 Å². The van der Waals surface area contributed by atoms with Crippen LogP contribution in [0.4, 0.5) is 0 Å². The van der Waals surface area contributed by atoms with Crippen molar-refractivity contribution >= 4 is 23.4 Å². The molecule has 1 aromatic rings. The summed E-state index contributed by atoms with van der Waals surface area (Å²) in [6, 6.07) is 6.02. The van der Waals surface area contributed by atoms with E-state index < -0.39 is 11.3 Å². The third kappa shape index (κ3) is 2.83. The largest absolute Gasteiger partial charge is 0.465 e. The van der Waals surface area contributed by atoms with Gasteiger partial charge in [0.2, 0.25) is 0 Å². The number of nitrogens with zero attached hydrogens (tertiary/aromatic N) is 1. The number of nitriles is 1. The highest BCUT2D eigenvalue weighted by Gasteiger charge is 2.18. The van der Waals surface area contributed by atoms with E-state index in [0.29, 0.717) is 0 Å². The first-order valence-corrected chi connectivity index (χ1v) is 5.25. The Morgan fingerprint density at radius 3 is 2.59 bits per heavy atom. The Morgan fingerprint density at radius 2 is 2.12 bits per heavy atom. The van der Waals surface area contributed by atoms with Gasteiger partial charge in [-0.15, -0.1) is 11.6 Å². The number of esters is 1. The van der Waals surface area contributed by atoms with Crippen LogP contribution in [0.2, 0.25) is 0 Å². The molecule has 0 saturated heterocycles. The molecule has 0 fully saturated rings. The Labute approximate surface area is 104 Å². The van der Waals surface area contributed by atoms with Crippen molar-refractivity contribution in [3.8, 4) is 6.07 Å². The van der Waals surface area contributed by atoms with Crippen LogP contribution in [0.1, 0.15) is 33.2 Å². The van der Waals surface area contributed by atoms with E-state index in [4.69, 9.17) is 16.9 Å². The van der Waals surface area contributed by atoms with Gasteiger partial charge in [0.05, 0.1) is 29.7 Å². The lowest BCUT2D eigenvalue weighted by Gasteiger charge is -2.06. The molecule has 0 N–H and O–H groups in total. The number of ether oxygens (including phenoxy) is 1. The van der Waals surface area contributed by atoms with E-state index >= 15 is 0 Å². The molecule has 0 aliphatic carbocycles. The fourth-order valence-corrected chi connectivity index (χ4v) is 1.43. The van der Waals surface area contributed by atoms with Crippen LogP contribution in [-0.2, 0) is 4.74 Å². The number of Topliss-reactive ketones (excluding diaryl/α,β-unsaturated/α-hetero) is 1. The van der Waals surface area contributed by atoms with E-state index in [1.807, 2.05) is 6.07 Å². The van der Waals surface area contributed by atoms with E-state index in [-0.39, 0.29) is 22.5 Å². The molecule has 1 aromatic carbocycles. The van der Waals surface area contributed by atoms with Crippen molar-refractivity contribution in [2.24, 2.45) is 0 Å². The molecule has 4 nitrogen and oxygen atoms in total. The summed E-state index contributed by atoms with van der Waals surface area (Å²) in [5.74, 6) is -0.904. The van der Waals surface area contributed by atoms with Crippen LogP contribution >= 0.6 is 11.6 Å². The van der Waals surface area contributed by atoms with Gasteiger partial charge in [0.25, 0.3) is 0 Å². The van der Waals surface area contributed by atoms with E-state index in [0.717, 1.165) is 0 Å². The third-order valence-electron chi connectivity index (χ3n) is 2.19. The zero-order valence-corrected chi connectivity index (χ0v) is 10.1. The lowest BCUT2D eigenvalue weighted by Crippen LogP contribution is -2.13. The standard InChI is InChI=1S/C12H10ClNO3/c1-7(13)11(15)10-4-3-8(12(16)17-2)5-9(10)6-14/h3-5,7H,1-2H3. The number of methoxy groups -OCH3 is 1. The van der Waals surface area contributed by atoms with Gasteiger partial charge in [0.15, 0.2) is 5.78 Å². The number of benzene rings is 1. The minimum atomic E-state index is -0.717. The van der Waals surface area contributed by atoms with Crippen LogP contribution in [0.15, 0.2) is 18.2 Å². The molecule has 1 atom stereocenters. The highest BCUT2D eigenvalue weighted by atomic mass is 35.5. The second-order valence-corrected chi connectivity index (χ2v) is 4.00. The monoisotopic (exact) mass is 251 g/mol. The molecule has 0 radical (unpaired) electrons. The molecule has 0 bridgehead atoms. The maximum Gasteiger partial charge on any atom is 0.337 e. The molecule has 1 unspecified atom stereocenters. The Hall–Kier alpha value is -1.86. The van der Waals surface area contributed by atoms with E-state index in [1.165, 1.54) is 32.2 Å². The number of hydrogen-bond acceptors (Lipinski definition) is 4. The Bertz CT molecular complexity index is 503. The van der Waals surface area contributed by atoms with Crippen LogP contribution in [0.25, 0.3) is 0 Å². The molecule has 5 heteroatoms. The lowest BCUT2D eigenvalue weighted by molar-refractivity contribution is 0.0600. The fraction of sp³-hybridized carbons (Fsp3) is 0.250. The zero-order chi connectivity index (χ0) is 13.0. The van der Waals surface area contributed by atoms with Crippen LogP contribution in [0, 0.1) is 11.3 Å². The highest BCUT2D eigenvalue weighted by molar-refractivity contribution is 6.33. The Kier molecular flexibility index (Phi) is 4.24. The molecule has 0 spiro atoms. The molecule has 17 heavy (non-hydrogen) atoms. The van der Waals surface area contributed by atoms with Gasteiger partial charge in [-0.2, -0.15) is 5.26 Å². The average Bonchev–Trinajstić information content (AvgIpc) is 2.35. The third-order valence-corrected chi connectivity index (χ3v) is 2.39. The summed E-state index contributed by atoms with van der Waals surface area (Å²) in [7, 11) is 1.24. The first kappa shape index (κ1) is 13.2. The Balaban J connectivity index is 3.25. The van der Waals surface area contributed by atoms with Crippen molar-refractivity contribution in [2.45, 2.75) is 12.3 Å². The van der Waals surface area contributed by atoms with Crippen molar-refractivity contribution < 1.29 is 14.3 Å².